The fourth-order valence-corrected chi connectivity index (χ4v) is 3.56. The second kappa shape index (κ2) is 7.04. The Hall–Kier alpha value is -2.35. The Balaban J connectivity index is 2.05. The van der Waals surface area contributed by atoms with Crippen LogP contribution >= 0.6 is 0 Å². The Labute approximate surface area is 143 Å². The molecular weight excluding hydrogens is 302 g/mol. The van der Waals surface area contributed by atoms with E-state index in [0.717, 1.165) is 35.2 Å². The molecule has 1 aromatic carbocycles. The van der Waals surface area contributed by atoms with E-state index in [2.05, 4.69) is 11.4 Å². The molecule has 0 spiro atoms. The van der Waals surface area contributed by atoms with Gasteiger partial charge in [0.1, 0.15) is 5.41 Å². The van der Waals surface area contributed by atoms with Gasteiger partial charge in [-0.2, -0.15) is 5.26 Å². The number of carbonyl (C=O) groups is 2. The van der Waals surface area contributed by atoms with Crippen LogP contribution in [-0.4, -0.2) is 30.3 Å². The van der Waals surface area contributed by atoms with Crippen LogP contribution in [0.4, 0.5) is 5.69 Å². The van der Waals surface area contributed by atoms with Gasteiger partial charge in [-0.15, -0.1) is 0 Å². The Morgan fingerprint density at radius 2 is 1.75 bits per heavy atom. The number of aryl methyl sites for hydroxylation is 3. The van der Waals surface area contributed by atoms with Crippen molar-refractivity contribution in [1.29, 1.82) is 5.26 Å². The van der Waals surface area contributed by atoms with Gasteiger partial charge >= 0.3 is 0 Å². The molecule has 0 bridgehead atoms. The quantitative estimate of drug-likeness (QED) is 0.923. The number of anilines is 1. The van der Waals surface area contributed by atoms with Gasteiger partial charge in [-0.25, -0.2) is 0 Å². The van der Waals surface area contributed by atoms with E-state index in [1.807, 2.05) is 32.9 Å². The molecule has 2 amide bonds. The molecule has 1 aromatic rings. The van der Waals surface area contributed by atoms with Crippen molar-refractivity contribution in [2.45, 2.75) is 46.5 Å². The Morgan fingerprint density at radius 3 is 2.25 bits per heavy atom. The van der Waals surface area contributed by atoms with Gasteiger partial charge in [-0.3, -0.25) is 9.59 Å². The standard InChI is InChI=1S/C19H25N3O2/c1-13-9-14(2)17(15(3)10-13)21-16(23)11-22(4)18(24)19(12-20)7-5-6-8-19/h9-10H,5-8,11H2,1-4H3,(H,21,23). The summed E-state index contributed by atoms with van der Waals surface area (Å²) in [5.74, 6) is -0.484. The summed E-state index contributed by atoms with van der Waals surface area (Å²) in [7, 11) is 1.59. The summed E-state index contributed by atoms with van der Waals surface area (Å²) >= 11 is 0. The van der Waals surface area contributed by atoms with Gasteiger partial charge < -0.3 is 10.2 Å². The van der Waals surface area contributed by atoms with Crippen LogP contribution in [-0.2, 0) is 9.59 Å². The number of hydrogen-bond acceptors (Lipinski definition) is 3. The first-order valence-electron chi connectivity index (χ1n) is 8.33. The lowest BCUT2D eigenvalue weighted by atomic mass is 9.86. The number of nitriles is 1. The molecule has 128 valence electrons. The van der Waals surface area contributed by atoms with Crippen LogP contribution in [0.25, 0.3) is 0 Å². The molecule has 1 aliphatic carbocycles. The summed E-state index contributed by atoms with van der Waals surface area (Å²) in [5.41, 5.74) is 3.00. The first-order valence-corrected chi connectivity index (χ1v) is 8.33. The maximum atomic E-state index is 12.6. The van der Waals surface area contributed by atoms with Crippen LogP contribution in [0.5, 0.6) is 0 Å². The molecule has 0 heterocycles. The maximum absolute atomic E-state index is 12.6. The molecule has 1 saturated carbocycles. The van der Waals surface area contributed by atoms with Crippen LogP contribution in [0.2, 0.25) is 0 Å². The lowest BCUT2D eigenvalue weighted by Crippen LogP contribution is -2.43. The molecule has 0 radical (unpaired) electrons. The van der Waals surface area contributed by atoms with Crippen LogP contribution in [0.1, 0.15) is 42.4 Å². The zero-order chi connectivity index (χ0) is 17.9. The largest absolute Gasteiger partial charge is 0.335 e. The minimum atomic E-state index is -0.940. The first kappa shape index (κ1) is 18.0. The molecule has 1 aliphatic rings. The number of amides is 2. The highest BCUT2D eigenvalue weighted by molar-refractivity contribution is 5.97. The highest BCUT2D eigenvalue weighted by atomic mass is 16.2. The summed E-state index contributed by atoms with van der Waals surface area (Å²) in [6.45, 7) is 5.87. The van der Waals surface area contributed by atoms with Gasteiger partial charge in [-0.05, 0) is 44.7 Å². The van der Waals surface area contributed by atoms with E-state index in [-0.39, 0.29) is 18.4 Å². The number of carbonyl (C=O) groups excluding carboxylic acids is 2. The third-order valence-electron chi connectivity index (χ3n) is 4.75. The molecule has 0 saturated heterocycles. The van der Waals surface area contributed by atoms with Crippen molar-refractivity contribution in [3.8, 4) is 6.07 Å². The summed E-state index contributed by atoms with van der Waals surface area (Å²) in [4.78, 5) is 26.3. The van der Waals surface area contributed by atoms with Crippen LogP contribution < -0.4 is 5.32 Å². The SMILES string of the molecule is Cc1cc(C)c(NC(=O)CN(C)C(=O)C2(C#N)CCCC2)c(C)c1. The van der Waals surface area contributed by atoms with Crippen molar-refractivity contribution in [2.24, 2.45) is 5.41 Å². The van der Waals surface area contributed by atoms with Crippen molar-refractivity contribution >= 4 is 17.5 Å². The Bertz CT molecular complexity index is 674. The second-order valence-corrected chi connectivity index (χ2v) is 6.88. The minimum absolute atomic E-state index is 0.0466. The molecule has 0 aromatic heterocycles. The predicted molar refractivity (Wildman–Crippen MR) is 93.4 cm³/mol. The Kier molecular flexibility index (Phi) is 5.28. The average Bonchev–Trinajstić information content (AvgIpc) is 3.00. The summed E-state index contributed by atoms with van der Waals surface area (Å²) in [5, 5.41) is 12.3. The average molecular weight is 327 g/mol. The molecule has 5 heteroatoms. The normalized spacial score (nSPS) is 15.6. The second-order valence-electron chi connectivity index (χ2n) is 6.88. The van der Waals surface area contributed by atoms with Crippen molar-refractivity contribution in [3.63, 3.8) is 0 Å². The van der Waals surface area contributed by atoms with E-state index in [9.17, 15) is 14.9 Å². The van der Waals surface area contributed by atoms with Crippen molar-refractivity contribution in [1.82, 2.24) is 4.90 Å². The molecule has 0 atom stereocenters. The maximum Gasteiger partial charge on any atom is 0.243 e. The molecule has 24 heavy (non-hydrogen) atoms. The van der Waals surface area contributed by atoms with Gasteiger partial charge in [0, 0.05) is 12.7 Å². The van der Waals surface area contributed by atoms with Gasteiger partial charge in [0.25, 0.3) is 0 Å². The summed E-state index contributed by atoms with van der Waals surface area (Å²) in [6.07, 6.45) is 2.96. The topological polar surface area (TPSA) is 73.2 Å². The fourth-order valence-electron chi connectivity index (χ4n) is 3.56. The number of benzene rings is 1. The number of hydrogen-bond donors (Lipinski definition) is 1. The van der Waals surface area contributed by atoms with Gasteiger partial charge in [-0.1, -0.05) is 30.5 Å². The van der Waals surface area contributed by atoms with E-state index in [4.69, 9.17) is 0 Å². The number of nitrogens with one attached hydrogen (secondary N) is 1. The molecular formula is C19H25N3O2. The zero-order valence-corrected chi connectivity index (χ0v) is 14.9. The summed E-state index contributed by atoms with van der Waals surface area (Å²) < 4.78 is 0. The molecule has 1 fully saturated rings. The van der Waals surface area contributed by atoms with Crippen molar-refractivity contribution in [2.75, 3.05) is 18.9 Å². The number of likely N-dealkylation sites (N-methyl/N-ethyl adjacent to an activating group) is 1. The van der Waals surface area contributed by atoms with Gasteiger partial charge in [0.15, 0.2) is 0 Å². The minimum Gasteiger partial charge on any atom is -0.335 e. The molecule has 1 N–H and O–H groups in total. The third-order valence-corrected chi connectivity index (χ3v) is 4.75. The van der Waals surface area contributed by atoms with Gasteiger partial charge in [0.2, 0.25) is 11.8 Å². The van der Waals surface area contributed by atoms with Crippen LogP contribution in [0, 0.1) is 37.5 Å². The van der Waals surface area contributed by atoms with Crippen LogP contribution in [0.3, 0.4) is 0 Å². The predicted octanol–water partition coefficient (Wildman–Crippen LogP) is 3.09. The molecule has 0 unspecified atom stereocenters. The van der Waals surface area contributed by atoms with E-state index in [1.54, 1.807) is 7.05 Å². The first-order chi connectivity index (χ1) is 11.3. The number of rotatable bonds is 4. The van der Waals surface area contributed by atoms with E-state index in [0.29, 0.717) is 12.8 Å². The van der Waals surface area contributed by atoms with E-state index in [1.165, 1.54) is 4.90 Å². The molecule has 2 rings (SSSR count). The zero-order valence-electron chi connectivity index (χ0n) is 14.9. The number of nitrogens with zero attached hydrogens (tertiary/aromatic N) is 2. The highest BCUT2D eigenvalue weighted by Gasteiger charge is 2.43. The van der Waals surface area contributed by atoms with E-state index >= 15 is 0 Å². The van der Waals surface area contributed by atoms with Crippen LogP contribution in [0.15, 0.2) is 12.1 Å². The lowest BCUT2D eigenvalue weighted by molar-refractivity contribution is -0.139. The van der Waals surface area contributed by atoms with Crippen molar-refractivity contribution < 1.29 is 9.59 Å². The molecule has 0 aliphatic heterocycles. The fraction of sp³-hybridized carbons (Fsp3) is 0.526. The Morgan fingerprint density at radius 1 is 1.21 bits per heavy atom. The highest BCUT2D eigenvalue weighted by Crippen LogP contribution is 2.38. The van der Waals surface area contributed by atoms with Gasteiger partial charge in [0.05, 0.1) is 12.6 Å². The lowest BCUT2D eigenvalue weighted by Gasteiger charge is -2.26. The smallest absolute Gasteiger partial charge is 0.243 e. The monoisotopic (exact) mass is 327 g/mol. The van der Waals surface area contributed by atoms with E-state index < -0.39 is 5.41 Å². The third kappa shape index (κ3) is 3.59. The molecule has 5 nitrogen and oxygen atoms in total. The summed E-state index contributed by atoms with van der Waals surface area (Å²) in [6, 6.07) is 6.21. The van der Waals surface area contributed by atoms with Crippen molar-refractivity contribution in [3.05, 3.63) is 28.8 Å².